The Morgan fingerprint density at radius 3 is 2.30 bits per heavy atom. The topological polar surface area (TPSA) is 57.6 Å². The van der Waals surface area contributed by atoms with Gasteiger partial charge in [0.25, 0.3) is 0 Å². The van der Waals surface area contributed by atoms with Crippen LogP contribution in [0.2, 0.25) is 0 Å². The zero-order valence-corrected chi connectivity index (χ0v) is 12.7. The number of aliphatic hydroxyl groups excluding tert-OH is 1. The monoisotopic (exact) mass is 293 g/mol. The summed E-state index contributed by atoms with van der Waals surface area (Å²) in [5.41, 5.74) is -0.843. The number of fused-ring (bicyclic) bond motifs is 1. The molecule has 0 saturated heterocycles. The van der Waals surface area contributed by atoms with Gasteiger partial charge in [-0.05, 0) is 36.8 Å². The molecule has 0 spiro atoms. The maximum atomic E-state index is 12.6. The molecule has 0 aliphatic rings. The minimum Gasteiger partial charge on any atom is -0.394 e. The van der Waals surface area contributed by atoms with Crippen molar-refractivity contribution in [3.05, 3.63) is 42.5 Å². The van der Waals surface area contributed by atoms with Gasteiger partial charge in [0, 0.05) is 7.05 Å². The molecule has 0 unspecified atom stereocenters. The highest BCUT2D eigenvalue weighted by Crippen LogP contribution is 2.25. The number of aliphatic hydroxyl groups is 1. The van der Waals surface area contributed by atoms with Crippen LogP contribution in [0.5, 0.6) is 0 Å². The Morgan fingerprint density at radius 1 is 1.10 bits per heavy atom. The Balaban J connectivity index is 2.52. The van der Waals surface area contributed by atoms with Crippen LogP contribution in [0.3, 0.4) is 0 Å². The second-order valence-corrected chi connectivity index (χ2v) is 7.42. The minimum absolute atomic E-state index is 0.236. The fraction of sp³-hybridized carbons (Fsp3) is 0.333. The number of rotatable bonds is 4. The van der Waals surface area contributed by atoms with Gasteiger partial charge in [-0.15, -0.1) is 0 Å². The Kier molecular flexibility index (Phi) is 3.86. The first kappa shape index (κ1) is 15.0. The maximum Gasteiger partial charge on any atom is 0.243 e. The highest BCUT2D eigenvalue weighted by molar-refractivity contribution is 7.89. The third kappa shape index (κ3) is 2.57. The third-order valence-corrected chi connectivity index (χ3v) is 5.68. The van der Waals surface area contributed by atoms with E-state index < -0.39 is 15.6 Å². The summed E-state index contributed by atoms with van der Waals surface area (Å²) in [5, 5.41) is 11.2. The average Bonchev–Trinajstić information content (AvgIpc) is 2.45. The predicted molar refractivity (Wildman–Crippen MR) is 80.1 cm³/mol. The van der Waals surface area contributed by atoms with Gasteiger partial charge in [0.05, 0.1) is 17.0 Å². The van der Waals surface area contributed by atoms with Crippen LogP contribution in [0.25, 0.3) is 10.8 Å². The van der Waals surface area contributed by atoms with Gasteiger partial charge in [0.1, 0.15) is 0 Å². The van der Waals surface area contributed by atoms with E-state index in [9.17, 15) is 13.5 Å². The van der Waals surface area contributed by atoms with E-state index in [4.69, 9.17) is 0 Å². The SMILES string of the molecule is CN(C(C)(C)CO)S(=O)(=O)c1ccc2ccccc2c1. The standard InChI is InChI=1S/C15H19NO3S/c1-15(2,11-17)16(3)20(18,19)14-9-8-12-6-4-5-7-13(12)10-14/h4-10,17H,11H2,1-3H3. The zero-order chi connectivity index (χ0) is 15.0. The quantitative estimate of drug-likeness (QED) is 0.940. The van der Waals surface area contributed by atoms with Crippen LogP contribution in [-0.4, -0.2) is 37.0 Å². The van der Waals surface area contributed by atoms with Gasteiger partial charge >= 0.3 is 0 Å². The molecule has 2 aromatic carbocycles. The molecule has 0 aliphatic carbocycles. The second kappa shape index (κ2) is 5.16. The van der Waals surface area contributed by atoms with Crippen LogP contribution in [0.1, 0.15) is 13.8 Å². The Labute approximate surface area is 119 Å². The number of benzene rings is 2. The van der Waals surface area contributed by atoms with Crippen molar-refractivity contribution in [2.75, 3.05) is 13.7 Å². The van der Waals surface area contributed by atoms with E-state index >= 15 is 0 Å². The maximum absolute atomic E-state index is 12.6. The van der Waals surface area contributed by atoms with Crippen molar-refractivity contribution < 1.29 is 13.5 Å². The lowest BCUT2D eigenvalue weighted by Crippen LogP contribution is -2.47. The van der Waals surface area contributed by atoms with E-state index in [1.807, 2.05) is 24.3 Å². The summed E-state index contributed by atoms with van der Waals surface area (Å²) in [6.45, 7) is 3.13. The fourth-order valence-electron chi connectivity index (χ4n) is 1.91. The van der Waals surface area contributed by atoms with Gasteiger partial charge < -0.3 is 5.11 Å². The molecule has 4 nitrogen and oxygen atoms in total. The van der Waals surface area contributed by atoms with E-state index in [0.717, 1.165) is 10.8 Å². The van der Waals surface area contributed by atoms with Gasteiger partial charge in [0.15, 0.2) is 0 Å². The number of nitrogens with zero attached hydrogens (tertiary/aromatic N) is 1. The summed E-state index contributed by atoms with van der Waals surface area (Å²) in [6.07, 6.45) is 0. The van der Waals surface area contributed by atoms with Crippen LogP contribution < -0.4 is 0 Å². The molecule has 0 bridgehead atoms. The van der Waals surface area contributed by atoms with Crippen molar-refractivity contribution in [3.8, 4) is 0 Å². The van der Waals surface area contributed by atoms with E-state index in [1.165, 1.54) is 11.4 Å². The highest BCUT2D eigenvalue weighted by atomic mass is 32.2. The first-order valence-electron chi connectivity index (χ1n) is 6.38. The van der Waals surface area contributed by atoms with Gasteiger partial charge in [-0.2, -0.15) is 4.31 Å². The van der Waals surface area contributed by atoms with Crippen molar-refractivity contribution in [3.63, 3.8) is 0 Å². The molecule has 0 aromatic heterocycles. The van der Waals surface area contributed by atoms with Crippen LogP contribution >= 0.6 is 0 Å². The largest absolute Gasteiger partial charge is 0.394 e. The molecular weight excluding hydrogens is 274 g/mol. The molecule has 2 aromatic rings. The minimum atomic E-state index is -3.63. The molecule has 0 fully saturated rings. The summed E-state index contributed by atoms with van der Waals surface area (Å²) in [6, 6.07) is 12.7. The summed E-state index contributed by atoms with van der Waals surface area (Å²) < 4.78 is 26.4. The second-order valence-electron chi connectivity index (χ2n) is 5.45. The van der Waals surface area contributed by atoms with Crippen LogP contribution in [0.4, 0.5) is 0 Å². The van der Waals surface area contributed by atoms with Crippen LogP contribution in [-0.2, 0) is 10.0 Å². The number of likely N-dealkylation sites (N-methyl/N-ethyl adjacent to an activating group) is 1. The van der Waals surface area contributed by atoms with Crippen molar-refractivity contribution in [2.45, 2.75) is 24.3 Å². The van der Waals surface area contributed by atoms with Crippen LogP contribution in [0, 0.1) is 0 Å². The molecule has 0 saturated carbocycles. The molecule has 20 heavy (non-hydrogen) atoms. The molecule has 0 radical (unpaired) electrons. The Bertz CT molecular complexity index is 723. The first-order valence-corrected chi connectivity index (χ1v) is 7.82. The highest BCUT2D eigenvalue weighted by Gasteiger charge is 2.33. The molecular formula is C15H19NO3S. The predicted octanol–water partition coefficient (Wildman–Crippen LogP) is 2.23. The molecule has 0 heterocycles. The third-order valence-electron chi connectivity index (χ3n) is 3.62. The number of hydrogen-bond acceptors (Lipinski definition) is 3. The van der Waals surface area contributed by atoms with Crippen molar-refractivity contribution >= 4 is 20.8 Å². The van der Waals surface area contributed by atoms with E-state index in [2.05, 4.69) is 0 Å². The van der Waals surface area contributed by atoms with Crippen molar-refractivity contribution in [1.29, 1.82) is 0 Å². The van der Waals surface area contributed by atoms with Gasteiger partial charge in [0.2, 0.25) is 10.0 Å². The van der Waals surface area contributed by atoms with Gasteiger partial charge in [-0.1, -0.05) is 30.3 Å². The normalized spacial score (nSPS) is 13.1. The summed E-state index contributed by atoms with van der Waals surface area (Å²) in [7, 11) is -2.14. The lowest BCUT2D eigenvalue weighted by atomic mass is 10.1. The van der Waals surface area contributed by atoms with Crippen molar-refractivity contribution in [2.24, 2.45) is 0 Å². The van der Waals surface area contributed by atoms with Gasteiger partial charge in [-0.25, -0.2) is 8.42 Å². The number of hydrogen-bond donors (Lipinski definition) is 1. The zero-order valence-electron chi connectivity index (χ0n) is 11.9. The molecule has 108 valence electrons. The van der Waals surface area contributed by atoms with E-state index in [0.29, 0.717) is 0 Å². The molecule has 0 atom stereocenters. The van der Waals surface area contributed by atoms with E-state index in [-0.39, 0.29) is 11.5 Å². The lowest BCUT2D eigenvalue weighted by Gasteiger charge is -2.32. The Hall–Kier alpha value is -1.43. The average molecular weight is 293 g/mol. The molecule has 0 amide bonds. The molecule has 1 N–H and O–H groups in total. The number of sulfonamides is 1. The van der Waals surface area contributed by atoms with Gasteiger partial charge in [-0.3, -0.25) is 0 Å². The molecule has 2 rings (SSSR count). The first-order chi connectivity index (χ1) is 9.29. The van der Waals surface area contributed by atoms with Crippen LogP contribution in [0.15, 0.2) is 47.4 Å². The molecule has 5 heteroatoms. The molecule has 0 aliphatic heterocycles. The summed E-state index contributed by atoms with van der Waals surface area (Å²) >= 11 is 0. The van der Waals surface area contributed by atoms with E-state index in [1.54, 1.807) is 32.0 Å². The smallest absolute Gasteiger partial charge is 0.243 e. The lowest BCUT2D eigenvalue weighted by molar-refractivity contribution is 0.138. The Morgan fingerprint density at radius 2 is 1.70 bits per heavy atom. The summed E-state index contributed by atoms with van der Waals surface area (Å²) in [5.74, 6) is 0. The fourth-order valence-corrected chi connectivity index (χ4v) is 3.45. The summed E-state index contributed by atoms with van der Waals surface area (Å²) in [4.78, 5) is 0.236. The van der Waals surface area contributed by atoms with Crippen molar-refractivity contribution in [1.82, 2.24) is 4.31 Å².